The van der Waals surface area contributed by atoms with E-state index in [2.05, 4.69) is 5.32 Å². The molecule has 0 aliphatic heterocycles. The second-order valence-electron chi connectivity index (χ2n) is 3.73. The molecule has 0 aliphatic carbocycles. The van der Waals surface area contributed by atoms with Crippen molar-refractivity contribution >= 4 is 17.6 Å². The maximum absolute atomic E-state index is 11.8. The number of amides is 1. The predicted octanol–water partition coefficient (Wildman–Crippen LogP) is 0.107. The van der Waals surface area contributed by atoms with Gasteiger partial charge >= 0.3 is 5.97 Å². The SMILES string of the molecule is COc1ccc(C(=O)NCC(OC)C(=O)O)c(N)c1. The van der Waals surface area contributed by atoms with Gasteiger partial charge in [0.25, 0.3) is 5.91 Å². The zero-order valence-electron chi connectivity index (χ0n) is 10.7. The zero-order chi connectivity index (χ0) is 14.4. The van der Waals surface area contributed by atoms with Crippen molar-refractivity contribution in [3.8, 4) is 5.75 Å². The van der Waals surface area contributed by atoms with E-state index in [0.717, 1.165) is 0 Å². The summed E-state index contributed by atoms with van der Waals surface area (Å²) in [4.78, 5) is 22.5. The topological polar surface area (TPSA) is 111 Å². The van der Waals surface area contributed by atoms with Gasteiger partial charge in [-0.1, -0.05) is 0 Å². The quantitative estimate of drug-likeness (QED) is 0.631. The van der Waals surface area contributed by atoms with E-state index in [-0.39, 0.29) is 17.8 Å². The fourth-order valence-corrected chi connectivity index (χ4v) is 1.43. The van der Waals surface area contributed by atoms with E-state index < -0.39 is 18.0 Å². The fourth-order valence-electron chi connectivity index (χ4n) is 1.43. The predicted molar refractivity (Wildman–Crippen MR) is 68.2 cm³/mol. The Balaban J connectivity index is 2.71. The molecule has 7 heteroatoms. The molecule has 19 heavy (non-hydrogen) atoms. The molecule has 1 unspecified atom stereocenters. The maximum Gasteiger partial charge on any atom is 0.334 e. The molecule has 7 nitrogen and oxygen atoms in total. The lowest BCUT2D eigenvalue weighted by atomic mass is 10.1. The monoisotopic (exact) mass is 268 g/mol. The number of benzene rings is 1. The Labute approximate surface area is 110 Å². The highest BCUT2D eigenvalue weighted by Crippen LogP contribution is 2.19. The largest absolute Gasteiger partial charge is 0.497 e. The molecular formula is C12H16N2O5. The summed E-state index contributed by atoms with van der Waals surface area (Å²) in [6.45, 7) is -0.143. The van der Waals surface area contributed by atoms with Crippen LogP contribution in [0.2, 0.25) is 0 Å². The standard InChI is InChI=1S/C12H16N2O5/c1-18-7-3-4-8(9(13)5-7)11(15)14-6-10(19-2)12(16)17/h3-5,10H,6,13H2,1-2H3,(H,14,15)(H,16,17). The zero-order valence-corrected chi connectivity index (χ0v) is 10.7. The van der Waals surface area contributed by atoms with Crippen LogP contribution in [0.1, 0.15) is 10.4 Å². The minimum absolute atomic E-state index is 0.143. The third-order valence-electron chi connectivity index (χ3n) is 2.51. The number of hydrogen-bond acceptors (Lipinski definition) is 5. The molecule has 0 aliphatic rings. The highest BCUT2D eigenvalue weighted by atomic mass is 16.5. The number of nitrogens with two attached hydrogens (primary N) is 1. The molecular weight excluding hydrogens is 252 g/mol. The van der Waals surface area contributed by atoms with Crippen molar-refractivity contribution in [2.24, 2.45) is 0 Å². The number of nitrogens with one attached hydrogen (secondary N) is 1. The Kier molecular flexibility index (Phi) is 5.13. The minimum atomic E-state index is -1.15. The van der Waals surface area contributed by atoms with Gasteiger partial charge in [-0.3, -0.25) is 4.79 Å². The summed E-state index contributed by atoms with van der Waals surface area (Å²) in [5.41, 5.74) is 6.21. The second kappa shape index (κ2) is 6.60. The van der Waals surface area contributed by atoms with Gasteiger partial charge in [0.1, 0.15) is 5.75 Å². The molecule has 0 saturated carbocycles. The Morgan fingerprint density at radius 1 is 1.42 bits per heavy atom. The number of aliphatic carboxylic acids is 1. The average molecular weight is 268 g/mol. The molecule has 0 fully saturated rings. The van der Waals surface area contributed by atoms with E-state index in [1.165, 1.54) is 26.4 Å². The van der Waals surface area contributed by atoms with Crippen LogP contribution in [-0.2, 0) is 9.53 Å². The Hall–Kier alpha value is -2.28. The first-order valence-electron chi connectivity index (χ1n) is 5.47. The molecule has 0 saturated heterocycles. The molecule has 4 N–H and O–H groups in total. The lowest BCUT2D eigenvalue weighted by Gasteiger charge is -2.12. The van der Waals surface area contributed by atoms with Gasteiger partial charge in [0.05, 0.1) is 19.2 Å². The maximum atomic E-state index is 11.8. The molecule has 0 aromatic heterocycles. The van der Waals surface area contributed by atoms with Gasteiger partial charge in [-0.2, -0.15) is 0 Å². The van der Waals surface area contributed by atoms with E-state index in [1.54, 1.807) is 6.07 Å². The Morgan fingerprint density at radius 2 is 2.11 bits per heavy atom. The van der Waals surface area contributed by atoms with Crippen LogP contribution in [0.3, 0.4) is 0 Å². The summed E-state index contributed by atoms with van der Waals surface area (Å²) in [6.07, 6.45) is -1.09. The summed E-state index contributed by atoms with van der Waals surface area (Å²) >= 11 is 0. The lowest BCUT2D eigenvalue weighted by molar-refractivity contribution is -0.148. The van der Waals surface area contributed by atoms with E-state index in [0.29, 0.717) is 5.75 Å². The summed E-state index contributed by atoms with van der Waals surface area (Å²) in [6, 6.07) is 4.61. The molecule has 0 spiro atoms. The van der Waals surface area contributed by atoms with Crippen LogP contribution in [0.25, 0.3) is 0 Å². The first-order chi connectivity index (χ1) is 8.99. The van der Waals surface area contributed by atoms with Gasteiger partial charge in [0.15, 0.2) is 6.10 Å². The minimum Gasteiger partial charge on any atom is -0.497 e. The van der Waals surface area contributed by atoms with Crippen molar-refractivity contribution in [1.82, 2.24) is 5.32 Å². The van der Waals surface area contributed by atoms with Crippen LogP contribution in [0, 0.1) is 0 Å². The number of carbonyl (C=O) groups excluding carboxylic acids is 1. The van der Waals surface area contributed by atoms with Crippen LogP contribution in [-0.4, -0.2) is 43.9 Å². The molecule has 0 bridgehead atoms. The van der Waals surface area contributed by atoms with Crippen molar-refractivity contribution in [2.45, 2.75) is 6.10 Å². The molecule has 1 atom stereocenters. The normalized spacial score (nSPS) is 11.7. The van der Waals surface area contributed by atoms with Gasteiger partial charge < -0.3 is 25.6 Å². The molecule has 1 amide bonds. The number of hydrogen-bond donors (Lipinski definition) is 3. The van der Waals surface area contributed by atoms with E-state index in [9.17, 15) is 9.59 Å². The van der Waals surface area contributed by atoms with Crippen LogP contribution in [0.15, 0.2) is 18.2 Å². The highest BCUT2D eigenvalue weighted by Gasteiger charge is 2.18. The average Bonchev–Trinajstić information content (AvgIpc) is 2.38. The van der Waals surface area contributed by atoms with Crippen molar-refractivity contribution < 1.29 is 24.2 Å². The Bertz CT molecular complexity index is 475. The van der Waals surface area contributed by atoms with Gasteiger partial charge in [0, 0.05) is 18.9 Å². The first kappa shape index (κ1) is 14.8. The van der Waals surface area contributed by atoms with E-state index in [1.807, 2.05) is 0 Å². The van der Waals surface area contributed by atoms with Crippen LogP contribution < -0.4 is 15.8 Å². The lowest BCUT2D eigenvalue weighted by Crippen LogP contribution is -2.38. The number of ether oxygens (including phenoxy) is 2. The number of carboxylic acid groups (broad SMARTS) is 1. The number of nitrogen functional groups attached to an aromatic ring is 1. The van der Waals surface area contributed by atoms with Gasteiger partial charge in [-0.15, -0.1) is 0 Å². The van der Waals surface area contributed by atoms with Gasteiger partial charge in [-0.05, 0) is 12.1 Å². The molecule has 1 aromatic carbocycles. The molecule has 0 radical (unpaired) electrons. The molecule has 1 rings (SSSR count). The second-order valence-corrected chi connectivity index (χ2v) is 3.73. The molecule has 1 aromatic rings. The van der Waals surface area contributed by atoms with Crippen LogP contribution in [0.5, 0.6) is 5.75 Å². The van der Waals surface area contributed by atoms with Gasteiger partial charge in [0.2, 0.25) is 0 Å². The third kappa shape index (κ3) is 3.85. The third-order valence-corrected chi connectivity index (χ3v) is 2.51. The molecule has 0 heterocycles. The highest BCUT2D eigenvalue weighted by molar-refractivity contribution is 5.99. The number of carbonyl (C=O) groups is 2. The fraction of sp³-hybridized carbons (Fsp3) is 0.333. The van der Waals surface area contributed by atoms with Crippen molar-refractivity contribution in [3.05, 3.63) is 23.8 Å². The van der Waals surface area contributed by atoms with Crippen molar-refractivity contribution in [2.75, 3.05) is 26.5 Å². The van der Waals surface area contributed by atoms with Crippen LogP contribution >= 0.6 is 0 Å². The summed E-state index contributed by atoms with van der Waals surface area (Å²) < 4.78 is 9.67. The van der Waals surface area contributed by atoms with Gasteiger partial charge in [-0.25, -0.2) is 4.79 Å². The van der Waals surface area contributed by atoms with Crippen LogP contribution in [0.4, 0.5) is 5.69 Å². The molecule has 104 valence electrons. The van der Waals surface area contributed by atoms with E-state index in [4.69, 9.17) is 20.3 Å². The number of rotatable bonds is 6. The smallest absolute Gasteiger partial charge is 0.334 e. The number of carboxylic acids is 1. The summed E-state index contributed by atoms with van der Waals surface area (Å²) in [7, 11) is 2.75. The van der Waals surface area contributed by atoms with Crippen molar-refractivity contribution in [1.29, 1.82) is 0 Å². The van der Waals surface area contributed by atoms with Crippen molar-refractivity contribution in [3.63, 3.8) is 0 Å². The number of anilines is 1. The Morgan fingerprint density at radius 3 is 2.58 bits per heavy atom. The first-order valence-corrected chi connectivity index (χ1v) is 5.47. The summed E-state index contributed by atoms with van der Waals surface area (Å²) in [5.74, 6) is -1.08. The number of methoxy groups -OCH3 is 2. The van der Waals surface area contributed by atoms with E-state index >= 15 is 0 Å². The summed E-state index contributed by atoms with van der Waals surface area (Å²) in [5, 5.41) is 11.2.